The smallest absolute Gasteiger partial charge is 0.181 e. The molecule has 5 N–H and O–H groups in total. The summed E-state index contributed by atoms with van der Waals surface area (Å²) in [5.41, 5.74) is 1.52. The van der Waals surface area contributed by atoms with E-state index in [2.05, 4.69) is 39.6 Å². The number of aliphatic hydroxyl groups excluding tert-OH is 4. The first-order valence-corrected chi connectivity index (χ1v) is 13.3. The van der Waals surface area contributed by atoms with E-state index in [1.165, 1.54) is 0 Å². The third kappa shape index (κ3) is 7.85. The minimum absolute atomic E-state index is 0.0105. The van der Waals surface area contributed by atoms with Crippen LogP contribution in [0, 0.1) is 17.3 Å². The highest BCUT2D eigenvalue weighted by Crippen LogP contribution is 2.54. The Labute approximate surface area is 216 Å². The zero-order valence-corrected chi connectivity index (χ0v) is 23.1. The molecule has 0 amide bonds. The van der Waals surface area contributed by atoms with Crippen molar-refractivity contribution >= 4 is 5.71 Å². The molecular weight excluding hydrogens is 462 g/mol. The van der Waals surface area contributed by atoms with E-state index in [0.29, 0.717) is 12.8 Å². The van der Waals surface area contributed by atoms with Crippen molar-refractivity contribution in [2.45, 2.75) is 123 Å². The summed E-state index contributed by atoms with van der Waals surface area (Å²) in [6, 6.07) is 0. The van der Waals surface area contributed by atoms with Gasteiger partial charge in [0.05, 0.1) is 49.1 Å². The van der Waals surface area contributed by atoms with Crippen LogP contribution in [0.4, 0.5) is 0 Å². The van der Waals surface area contributed by atoms with Crippen molar-refractivity contribution in [2.24, 2.45) is 22.2 Å². The molecule has 1 heterocycles. The highest BCUT2D eigenvalue weighted by molar-refractivity contribution is 5.82. The lowest BCUT2D eigenvalue weighted by atomic mass is 9.76. The monoisotopic (exact) mass is 511 g/mol. The Hall–Kier alpha value is -1.29. The summed E-state index contributed by atoms with van der Waals surface area (Å²) in [6.45, 7) is 13.8. The summed E-state index contributed by atoms with van der Waals surface area (Å²) in [4.78, 5) is 4.37. The third-order valence-electron chi connectivity index (χ3n) is 7.43. The normalized spacial score (nSPS) is 32.5. The number of hydrogen-bond donors (Lipinski definition) is 5. The number of ether oxygens (including phenoxy) is 2. The quantitative estimate of drug-likeness (QED) is 0.137. The second-order valence-corrected chi connectivity index (χ2v) is 12.1. The molecule has 2 aliphatic rings. The summed E-state index contributed by atoms with van der Waals surface area (Å²) in [7, 11) is 0. The molecule has 0 spiro atoms. The zero-order chi connectivity index (χ0) is 27.3. The molecule has 0 radical (unpaired) electrons. The number of allylic oxidation sites excluding steroid dienone is 2. The summed E-state index contributed by atoms with van der Waals surface area (Å²) < 4.78 is 11.8. The van der Waals surface area contributed by atoms with E-state index in [1.54, 1.807) is 19.4 Å². The number of hydrogen-bond acceptors (Lipinski definition) is 8. The van der Waals surface area contributed by atoms with E-state index in [9.17, 15) is 25.5 Å². The van der Waals surface area contributed by atoms with Crippen molar-refractivity contribution < 1.29 is 35.0 Å². The maximum Gasteiger partial charge on any atom is 0.181 e. The van der Waals surface area contributed by atoms with Crippen molar-refractivity contribution in [3.8, 4) is 0 Å². The van der Waals surface area contributed by atoms with E-state index >= 15 is 0 Å². The fourth-order valence-corrected chi connectivity index (χ4v) is 5.84. The van der Waals surface area contributed by atoms with Crippen LogP contribution >= 0.6 is 0 Å². The van der Waals surface area contributed by atoms with Crippen LogP contribution in [-0.4, -0.2) is 73.7 Å². The molecule has 1 saturated heterocycles. The Morgan fingerprint density at radius 1 is 1.19 bits per heavy atom. The van der Waals surface area contributed by atoms with E-state index in [1.807, 2.05) is 13.0 Å². The third-order valence-corrected chi connectivity index (χ3v) is 7.43. The van der Waals surface area contributed by atoms with E-state index in [-0.39, 0.29) is 17.1 Å². The Morgan fingerprint density at radius 3 is 2.44 bits per heavy atom. The molecule has 7 unspecified atom stereocenters. The molecule has 8 heteroatoms. The van der Waals surface area contributed by atoms with E-state index in [0.717, 1.165) is 37.0 Å². The Morgan fingerprint density at radius 2 is 1.86 bits per heavy atom. The lowest BCUT2D eigenvalue weighted by Gasteiger charge is -2.50. The highest BCUT2D eigenvalue weighted by Gasteiger charge is 2.69. The van der Waals surface area contributed by atoms with Gasteiger partial charge in [-0.15, -0.1) is 0 Å². The average Bonchev–Trinajstić information content (AvgIpc) is 2.88. The average molecular weight is 512 g/mol. The zero-order valence-electron chi connectivity index (χ0n) is 23.1. The number of fused-ring (bicyclic) bond motifs is 1. The molecule has 0 aromatic carbocycles. The molecule has 1 saturated carbocycles. The van der Waals surface area contributed by atoms with Crippen LogP contribution in [-0.2, 0) is 9.47 Å². The van der Waals surface area contributed by atoms with Crippen LogP contribution in [0.2, 0.25) is 0 Å². The van der Waals surface area contributed by atoms with Gasteiger partial charge in [0.15, 0.2) is 5.79 Å². The minimum Gasteiger partial charge on any atom is -0.495 e. The second kappa shape index (κ2) is 12.5. The first kappa shape index (κ1) is 30.9. The number of aliphatic imine (C=N–C) groups is 1. The maximum absolute atomic E-state index is 10.6. The van der Waals surface area contributed by atoms with Gasteiger partial charge in [0.1, 0.15) is 5.60 Å². The van der Waals surface area contributed by atoms with Crippen LogP contribution in [0.3, 0.4) is 0 Å². The van der Waals surface area contributed by atoms with Gasteiger partial charge in [0.2, 0.25) is 0 Å². The van der Waals surface area contributed by atoms with Crippen LogP contribution < -0.4 is 0 Å². The number of nitrogens with zero attached hydrogens (tertiary/aromatic N) is 1. The first-order valence-electron chi connectivity index (χ1n) is 13.3. The summed E-state index contributed by atoms with van der Waals surface area (Å²) in [5.74, 6) is -3.08. The van der Waals surface area contributed by atoms with Gasteiger partial charge in [0.25, 0.3) is 0 Å². The summed E-state index contributed by atoms with van der Waals surface area (Å²) in [6.07, 6.45) is 7.10. The second-order valence-electron chi connectivity index (χ2n) is 12.1. The fourth-order valence-electron chi connectivity index (χ4n) is 5.84. The van der Waals surface area contributed by atoms with Crippen LogP contribution in [0.1, 0.15) is 87.0 Å². The molecule has 0 aromatic heterocycles. The molecule has 2 fully saturated rings. The maximum atomic E-state index is 10.6. The minimum atomic E-state index is -1.64. The standard InChI is InChI=1S/C28H49NO7/c1-8-20(11-13-29-18(2)14-19(3)31)16-35-27(6,7)17-26(4,5)12-9-10-22-23-25(33)24(32)21(15-30)28(23,34)36-22/h11,13,16,19,21-25,30-34H,8-10,12,14-15,17H2,1-7H3/b13-11+,20-16-,29-18?. The van der Waals surface area contributed by atoms with Crippen LogP contribution in [0.15, 0.2) is 29.1 Å². The van der Waals surface area contributed by atoms with Gasteiger partial charge in [0, 0.05) is 18.3 Å². The highest BCUT2D eigenvalue weighted by atomic mass is 16.7. The molecule has 2 rings (SSSR count). The van der Waals surface area contributed by atoms with Gasteiger partial charge in [-0.25, -0.2) is 0 Å². The largest absolute Gasteiger partial charge is 0.495 e. The lowest BCUT2D eigenvalue weighted by molar-refractivity contribution is -0.381. The molecule has 208 valence electrons. The summed E-state index contributed by atoms with van der Waals surface area (Å²) in [5, 5.41) is 50.0. The molecule has 8 nitrogen and oxygen atoms in total. The topological polar surface area (TPSA) is 132 Å². The van der Waals surface area contributed by atoms with Crippen molar-refractivity contribution in [1.29, 1.82) is 0 Å². The summed E-state index contributed by atoms with van der Waals surface area (Å²) >= 11 is 0. The van der Waals surface area contributed by atoms with Crippen molar-refractivity contribution in [3.05, 3.63) is 24.1 Å². The Kier molecular flexibility index (Phi) is 10.7. The molecule has 0 bridgehead atoms. The van der Waals surface area contributed by atoms with Gasteiger partial charge in [-0.05, 0) is 70.4 Å². The SMILES string of the molecule is CCC(=C/OC(C)(C)CC(C)(C)CCCC1OC2(O)C(CO)C(O)C(O)C12)/C=C/N=C(C)CC(C)O. The van der Waals surface area contributed by atoms with Gasteiger partial charge in [-0.3, -0.25) is 4.99 Å². The predicted octanol–water partition coefficient (Wildman–Crippen LogP) is 3.46. The first-order chi connectivity index (χ1) is 16.7. The molecular formula is C28H49NO7. The molecule has 1 aliphatic carbocycles. The van der Waals surface area contributed by atoms with E-state index in [4.69, 9.17) is 9.47 Å². The Bertz CT molecular complexity index is 804. The lowest BCUT2D eigenvalue weighted by Crippen LogP contribution is -2.62. The molecule has 36 heavy (non-hydrogen) atoms. The molecule has 1 aliphatic heterocycles. The number of rotatable bonds is 14. The van der Waals surface area contributed by atoms with Crippen LogP contribution in [0.25, 0.3) is 0 Å². The number of aliphatic hydroxyl groups is 5. The van der Waals surface area contributed by atoms with Crippen molar-refractivity contribution in [3.63, 3.8) is 0 Å². The van der Waals surface area contributed by atoms with Gasteiger partial charge >= 0.3 is 0 Å². The molecule has 0 aromatic rings. The fraction of sp³-hybridized carbons (Fsp3) is 0.821. The van der Waals surface area contributed by atoms with Crippen molar-refractivity contribution in [1.82, 2.24) is 0 Å². The van der Waals surface area contributed by atoms with Gasteiger partial charge in [-0.2, -0.15) is 0 Å². The molecule has 7 atom stereocenters. The Balaban J connectivity index is 1.85. The predicted molar refractivity (Wildman–Crippen MR) is 140 cm³/mol. The van der Waals surface area contributed by atoms with Gasteiger partial charge < -0.3 is 35.0 Å². The van der Waals surface area contributed by atoms with E-state index < -0.39 is 42.5 Å². The van der Waals surface area contributed by atoms with Crippen LogP contribution in [0.5, 0.6) is 0 Å². The van der Waals surface area contributed by atoms with Gasteiger partial charge in [-0.1, -0.05) is 27.2 Å². The van der Waals surface area contributed by atoms with Crippen molar-refractivity contribution in [2.75, 3.05) is 6.61 Å².